The molecule has 2 aromatic heterocycles. The lowest BCUT2D eigenvalue weighted by atomic mass is 9.98. The average molecular weight is 1040 g/mol. The molecule has 0 bridgehead atoms. The van der Waals surface area contributed by atoms with Crippen LogP contribution in [-0.2, 0) is 40.3 Å². The summed E-state index contributed by atoms with van der Waals surface area (Å²) in [4.78, 5) is 70.2. The van der Waals surface area contributed by atoms with Gasteiger partial charge in [-0.1, -0.05) is 91.5 Å². The molecule has 4 N–H and O–H groups in total. The van der Waals surface area contributed by atoms with Crippen molar-refractivity contribution in [3.63, 3.8) is 0 Å². The first-order valence-electron chi connectivity index (χ1n) is 24.7. The second-order valence-corrected chi connectivity index (χ2v) is 20.4. The minimum Gasteiger partial charge on any atom is -0.484 e. The summed E-state index contributed by atoms with van der Waals surface area (Å²) in [5.74, 6) is 1.76. The van der Waals surface area contributed by atoms with Crippen LogP contribution in [0.3, 0.4) is 0 Å². The zero-order valence-corrected chi connectivity index (χ0v) is 43.6. The molecule has 5 amide bonds. The molecule has 18 nitrogen and oxygen atoms in total. The standard InChI is InChI=1S/C57H56N10O8S/c1-7-10-49-60-51-34(2)27-39(29-47(51)67(49)32-37-13-19-38(20-14-37)43-11-8-9-12-44(43)52-62-64-65-63-52)53(69)58-31-36-17-23-41(24-18-36)74-42-25-26-45(46(30-42)66(6)56(72)75-57(3,4)5)59-50(68)33-73-40-21-15-35(16-22-40)28-48-54(70)61-55(71)76-48/h8-9,11-27,29-30,48H,7,10,28,31-33H2,1-6H3,(H,58,69)(H,59,68)(H,61,70,71)(H,62,63,64,65). The Morgan fingerprint density at radius 1 is 0.829 bits per heavy atom. The van der Waals surface area contributed by atoms with Crippen LogP contribution in [0, 0.1) is 6.92 Å². The number of anilines is 2. The molecule has 1 atom stereocenters. The molecular formula is C57H56N10O8S. The predicted octanol–water partition coefficient (Wildman–Crippen LogP) is 10.2. The number of ether oxygens (including phenoxy) is 3. The second kappa shape index (κ2) is 22.7. The van der Waals surface area contributed by atoms with Gasteiger partial charge in [0.05, 0.1) is 27.7 Å². The Labute approximate surface area is 442 Å². The van der Waals surface area contributed by atoms with E-state index in [9.17, 15) is 24.0 Å². The highest BCUT2D eigenvalue weighted by molar-refractivity contribution is 8.15. The molecule has 0 spiro atoms. The fourth-order valence-corrected chi connectivity index (χ4v) is 9.48. The van der Waals surface area contributed by atoms with E-state index in [-0.39, 0.29) is 30.2 Å². The second-order valence-electron chi connectivity index (χ2n) is 19.2. The maximum Gasteiger partial charge on any atom is 0.414 e. The number of imide groups is 1. The number of nitrogens with one attached hydrogen (secondary N) is 4. The number of fused-ring (bicyclic) bond motifs is 1. The number of hydrogen-bond donors (Lipinski definition) is 4. The van der Waals surface area contributed by atoms with E-state index in [0.29, 0.717) is 53.0 Å². The molecule has 6 aromatic carbocycles. The Bertz CT molecular complexity index is 3430. The third-order valence-electron chi connectivity index (χ3n) is 12.3. The number of aromatic amines is 1. The Morgan fingerprint density at radius 3 is 2.21 bits per heavy atom. The molecule has 1 fully saturated rings. The maximum atomic E-state index is 13.8. The van der Waals surface area contributed by atoms with Crippen molar-refractivity contribution in [2.75, 3.05) is 23.9 Å². The van der Waals surface area contributed by atoms with E-state index in [1.165, 1.54) is 11.9 Å². The Kier molecular flexibility index (Phi) is 15.6. The van der Waals surface area contributed by atoms with Crippen molar-refractivity contribution in [3.05, 3.63) is 161 Å². The molecule has 1 aliphatic heterocycles. The van der Waals surface area contributed by atoms with Gasteiger partial charge in [-0.05, 0) is 128 Å². The number of aryl methyl sites for hydroxylation is 2. The minimum absolute atomic E-state index is 0.221. The maximum absolute atomic E-state index is 13.8. The van der Waals surface area contributed by atoms with Crippen LogP contribution in [0.5, 0.6) is 17.2 Å². The molecule has 1 aliphatic rings. The summed E-state index contributed by atoms with van der Waals surface area (Å²) in [6, 6.07) is 39.3. The molecule has 76 heavy (non-hydrogen) atoms. The summed E-state index contributed by atoms with van der Waals surface area (Å²) < 4.78 is 19.8. The number of nitrogens with zero attached hydrogens (tertiary/aromatic N) is 6. The van der Waals surface area contributed by atoms with Crippen LogP contribution in [0.4, 0.5) is 21.0 Å². The summed E-state index contributed by atoms with van der Waals surface area (Å²) in [6.45, 7) is 9.89. The monoisotopic (exact) mass is 1040 g/mol. The lowest BCUT2D eigenvalue weighted by molar-refractivity contribution is -0.119. The number of carbonyl (C=O) groups is 5. The molecule has 388 valence electrons. The Hall–Kier alpha value is -8.84. The summed E-state index contributed by atoms with van der Waals surface area (Å²) in [6.07, 6.45) is 1.42. The van der Waals surface area contributed by atoms with Gasteiger partial charge in [-0.2, -0.15) is 5.21 Å². The van der Waals surface area contributed by atoms with E-state index in [2.05, 4.69) is 72.3 Å². The number of carbonyl (C=O) groups excluding carboxylic acids is 5. The first-order chi connectivity index (χ1) is 36.6. The van der Waals surface area contributed by atoms with Gasteiger partial charge in [0, 0.05) is 43.8 Å². The summed E-state index contributed by atoms with van der Waals surface area (Å²) in [5.41, 5.74) is 8.69. The topological polar surface area (TPSA) is 225 Å². The van der Waals surface area contributed by atoms with Crippen LogP contribution in [-0.4, -0.2) is 83.7 Å². The molecule has 3 heterocycles. The lowest BCUT2D eigenvalue weighted by Gasteiger charge is -2.26. The number of thioether (sulfide) groups is 1. The molecule has 19 heteroatoms. The Balaban J connectivity index is 0.841. The number of rotatable bonds is 18. The average Bonchev–Trinajstić information content (AvgIpc) is 4.16. The van der Waals surface area contributed by atoms with Crippen molar-refractivity contribution in [2.45, 2.75) is 77.8 Å². The van der Waals surface area contributed by atoms with Gasteiger partial charge < -0.3 is 29.4 Å². The quantitative estimate of drug-likeness (QED) is 0.0628. The van der Waals surface area contributed by atoms with E-state index >= 15 is 0 Å². The highest BCUT2D eigenvalue weighted by Gasteiger charge is 2.31. The fourth-order valence-electron chi connectivity index (χ4n) is 8.62. The largest absolute Gasteiger partial charge is 0.484 e. The van der Waals surface area contributed by atoms with Crippen molar-refractivity contribution in [3.8, 4) is 39.8 Å². The van der Waals surface area contributed by atoms with Crippen molar-refractivity contribution in [2.24, 2.45) is 0 Å². The third-order valence-corrected chi connectivity index (χ3v) is 13.3. The summed E-state index contributed by atoms with van der Waals surface area (Å²) in [7, 11) is 1.54. The smallest absolute Gasteiger partial charge is 0.414 e. The van der Waals surface area contributed by atoms with Gasteiger partial charge in [0.2, 0.25) is 11.7 Å². The van der Waals surface area contributed by atoms with Gasteiger partial charge in [-0.3, -0.25) is 29.4 Å². The van der Waals surface area contributed by atoms with Gasteiger partial charge in [0.25, 0.3) is 17.1 Å². The molecule has 8 aromatic rings. The number of aromatic nitrogens is 6. The first-order valence-corrected chi connectivity index (χ1v) is 25.6. The van der Waals surface area contributed by atoms with Crippen molar-refractivity contribution >= 4 is 63.2 Å². The molecule has 1 saturated heterocycles. The van der Waals surface area contributed by atoms with E-state index in [1.807, 2.05) is 55.5 Å². The first kappa shape index (κ1) is 52.0. The van der Waals surface area contributed by atoms with Crippen LogP contribution in [0.25, 0.3) is 33.5 Å². The predicted molar refractivity (Wildman–Crippen MR) is 291 cm³/mol. The van der Waals surface area contributed by atoms with E-state index in [0.717, 1.165) is 80.4 Å². The number of hydrogen-bond acceptors (Lipinski definition) is 13. The number of benzene rings is 6. The van der Waals surface area contributed by atoms with Gasteiger partial charge in [-0.15, -0.1) is 10.2 Å². The molecule has 0 saturated carbocycles. The van der Waals surface area contributed by atoms with Gasteiger partial charge in [0.1, 0.15) is 28.7 Å². The van der Waals surface area contributed by atoms with E-state index in [1.54, 1.807) is 75.4 Å². The number of tetrazole rings is 1. The van der Waals surface area contributed by atoms with Crippen LogP contribution in [0.2, 0.25) is 0 Å². The molecule has 0 radical (unpaired) electrons. The zero-order valence-electron chi connectivity index (χ0n) is 42.8. The van der Waals surface area contributed by atoms with Crippen LogP contribution >= 0.6 is 11.8 Å². The van der Waals surface area contributed by atoms with Crippen LogP contribution in [0.15, 0.2) is 127 Å². The normalized spacial score (nSPS) is 13.3. The van der Waals surface area contributed by atoms with Gasteiger partial charge >= 0.3 is 6.09 Å². The molecular weight excluding hydrogens is 985 g/mol. The molecule has 9 rings (SSSR count). The fraction of sp³-hybridized carbons (Fsp3) is 0.246. The molecule has 1 unspecified atom stereocenters. The number of imidazole rings is 1. The molecule has 0 aliphatic carbocycles. The lowest BCUT2D eigenvalue weighted by Crippen LogP contribution is -2.34. The Morgan fingerprint density at radius 2 is 1.53 bits per heavy atom. The van der Waals surface area contributed by atoms with E-state index < -0.39 is 22.9 Å². The minimum atomic E-state index is -0.787. The summed E-state index contributed by atoms with van der Waals surface area (Å²) in [5, 5.41) is 22.0. The highest BCUT2D eigenvalue weighted by atomic mass is 32.2. The van der Waals surface area contributed by atoms with Gasteiger partial charge in [-0.25, -0.2) is 9.78 Å². The van der Waals surface area contributed by atoms with Gasteiger partial charge in [0.15, 0.2) is 6.61 Å². The van der Waals surface area contributed by atoms with Crippen molar-refractivity contribution in [1.82, 2.24) is 40.8 Å². The number of H-pyrrole nitrogens is 1. The third kappa shape index (κ3) is 12.6. The zero-order chi connectivity index (χ0) is 53.5. The van der Waals surface area contributed by atoms with Crippen LogP contribution < -0.4 is 30.3 Å². The van der Waals surface area contributed by atoms with Crippen LogP contribution in [0.1, 0.15) is 72.6 Å². The van der Waals surface area contributed by atoms with Crippen molar-refractivity contribution in [1.29, 1.82) is 0 Å². The summed E-state index contributed by atoms with van der Waals surface area (Å²) >= 11 is 0.960. The van der Waals surface area contributed by atoms with Crippen molar-refractivity contribution < 1.29 is 38.2 Å². The van der Waals surface area contributed by atoms with E-state index in [4.69, 9.17) is 19.2 Å². The SMILES string of the molecule is CCCc1nc2c(C)cc(C(=O)NCc3ccc(Oc4ccc(NC(=O)COc5ccc(CC6SC(=O)NC6=O)cc5)c(N(C)C(=O)OC(C)(C)C)c4)cc3)cc2n1Cc1ccc(-c2ccccc2-c2nn[nH]n2)cc1. The number of amides is 5. The highest BCUT2D eigenvalue weighted by Crippen LogP contribution is 2.35.